The number of carbonyl (C=O) groups excluding carboxylic acids is 2. The smallest absolute Gasteiger partial charge is 0.271 e. The Hall–Kier alpha value is -4.08. The van der Waals surface area contributed by atoms with Gasteiger partial charge in [-0.1, -0.05) is 6.07 Å². The number of hydrogen-bond donors (Lipinski definition) is 2. The highest BCUT2D eigenvalue weighted by molar-refractivity contribution is 5.96. The van der Waals surface area contributed by atoms with Crippen LogP contribution in [0.25, 0.3) is 11.4 Å². The standard InChI is InChI=1S/C24H27N5O5/c1-32-20-11-16(12-21(33-2)22(20)34-3)26-23(30)15-7-6-10-29(14-15)24(31)19-13-18(27-28-19)17-8-4-5-9-25-17/h4-5,8-9,11-13,15H,6-7,10,14H2,1-3H3,(H,26,30)(H,27,28)/t15-/m0/s1. The fraction of sp³-hybridized carbons (Fsp3) is 0.333. The predicted octanol–water partition coefficient (Wildman–Crippen LogP) is 2.99. The van der Waals surface area contributed by atoms with Crippen molar-refractivity contribution in [1.29, 1.82) is 0 Å². The summed E-state index contributed by atoms with van der Waals surface area (Å²) in [5.74, 6) is 0.615. The van der Waals surface area contributed by atoms with E-state index in [0.29, 0.717) is 59.5 Å². The number of nitrogens with zero attached hydrogens (tertiary/aromatic N) is 3. The zero-order valence-electron chi connectivity index (χ0n) is 19.3. The molecule has 10 heteroatoms. The average Bonchev–Trinajstić information content (AvgIpc) is 3.38. The fourth-order valence-electron chi connectivity index (χ4n) is 4.02. The van der Waals surface area contributed by atoms with E-state index in [2.05, 4.69) is 20.5 Å². The summed E-state index contributed by atoms with van der Waals surface area (Å²) in [6.07, 6.45) is 3.08. The highest BCUT2D eigenvalue weighted by atomic mass is 16.5. The van der Waals surface area contributed by atoms with Crippen molar-refractivity contribution in [3.8, 4) is 28.6 Å². The van der Waals surface area contributed by atoms with E-state index in [1.807, 2.05) is 18.2 Å². The molecule has 3 heterocycles. The SMILES string of the molecule is COc1cc(NC(=O)[C@H]2CCCN(C(=O)c3cc(-c4ccccn4)n[nH]3)C2)cc(OC)c1OC. The molecule has 1 atom stereocenters. The zero-order chi connectivity index (χ0) is 24.1. The van der Waals surface area contributed by atoms with Crippen LogP contribution in [-0.2, 0) is 4.79 Å². The van der Waals surface area contributed by atoms with Gasteiger partial charge in [0.2, 0.25) is 11.7 Å². The summed E-state index contributed by atoms with van der Waals surface area (Å²) < 4.78 is 16.0. The van der Waals surface area contributed by atoms with Gasteiger partial charge in [-0.2, -0.15) is 5.10 Å². The number of aromatic amines is 1. The number of H-pyrrole nitrogens is 1. The Morgan fingerprint density at radius 3 is 2.47 bits per heavy atom. The molecule has 2 amide bonds. The lowest BCUT2D eigenvalue weighted by Crippen LogP contribution is -2.43. The number of piperidine rings is 1. The lowest BCUT2D eigenvalue weighted by molar-refractivity contribution is -0.121. The Balaban J connectivity index is 1.44. The van der Waals surface area contributed by atoms with Crippen molar-refractivity contribution in [2.75, 3.05) is 39.7 Å². The Morgan fingerprint density at radius 2 is 1.82 bits per heavy atom. The number of nitrogens with one attached hydrogen (secondary N) is 2. The number of amides is 2. The van der Waals surface area contributed by atoms with E-state index in [-0.39, 0.29) is 17.7 Å². The number of rotatable bonds is 7. The first-order chi connectivity index (χ1) is 16.5. The minimum Gasteiger partial charge on any atom is -0.493 e. The van der Waals surface area contributed by atoms with Gasteiger partial charge in [0, 0.05) is 37.1 Å². The summed E-state index contributed by atoms with van der Waals surface area (Å²) in [7, 11) is 4.55. The topological polar surface area (TPSA) is 119 Å². The molecule has 10 nitrogen and oxygen atoms in total. The van der Waals surface area contributed by atoms with Crippen LogP contribution in [0.15, 0.2) is 42.6 Å². The molecule has 0 unspecified atom stereocenters. The van der Waals surface area contributed by atoms with E-state index >= 15 is 0 Å². The molecule has 1 aliphatic rings. The van der Waals surface area contributed by atoms with Gasteiger partial charge >= 0.3 is 0 Å². The number of benzene rings is 1. The van der Waals surface area contributed by atoms with Gasteiger partial charge in [-0.05, 0) is 31.0 Å². The highest BCUT2D eigenvalue weighted by Gasteiger charge is 2.30. The number of carbonyl (C=O) groups is 2. The van der Waals surface area contributed by atoms with Crippen LogP contribution in [0, 0.1) is 5.92 Å². The number of hydrogen-bond acceptors (Lipinski definition) is 7. The molecular weight excluding hydrogens is 438 g/mol. The van der Waals surface area contributed by atoms with Crippen molar-refractivity contribution in [3.05, 3.63) is 48.3 Å². The van der Waals surface area contributed by atoms with Crippen LogP contribution >= 0.6 is 0 Å². The lowest BCUT2D eigenvalue weighted by atomic mass is 9.96. The summed E-state index contributed by atoms with van der Waals surface area (Å²) in [6, 6.07) is 10.5. The zero-order valence-corrected chi connectivity index (χ0v) is 19.3. The van der Waals surface area contributed by atoms with Gasteiger partial charge in [-0.25, -0.2) is 0 Å². The van der Waals surface area contributed by atoms with E-state index in [1.165, 1.54) is 21.3 Å². The maximum Gasteiger partial charge on any atom is 0.271 e. The molecule has 2 N–H and O–H groups in total. The Bertz CT molecular complexity index is 1140. The molecule has 0 aliphatic carbocycles. The first-order valence-electron chi connectivity index (χ1n) is 10.9. The minimum absolute atomic E-state index is 0.175. The molecule has 1 aromatic carbocycles. The summed E-state index contributed by atoms with van der Waals surface area (Å²) in [4.78, 5) is 32.0. The maximum absolute atomic E-state index is 13.1. The quantitative estimate of drug-likeness (QED) is 0.551. The van der Waals surface area contributed by atoms with Crippen LogP contribution < -0.4 is 19.5 Å². The molecule has 0 saturated carbocycles. The van der Waals surface area contributed by atoms with Crippen molar-refractivity contribution < 1.29 is 23.8 Å². The molecule has 0 bridgehead atoms. The second-order valence-electron chi connectivity index (χ2n) is 7.88. The van der Waals surface area contributed by atoms with Gasteiger partial charge in [0.1, 0.15) is 11.4 Å². The summed E-state index contributed by atoms with van der Waals surface area (Å²) in [6.45, 7) is 0.887. The molecule has 1 fully saturated rings. The van der Waals surface area contributed by atoms with E-state index in [1.54, 1.807) is 29.3 Å². The van der Waals surface area contributed by atoms with E-state index in [0.717, 1.165) is 6.42 Å². The number of likely N-dealkylation sites (tertiary alicyclic amines) is 1. The van der Waals surface area contributed by atoms with Crippen molar-refractivity contribution in [1.82, 2.24) is 20.1 Å². The number of anilines is 1. The molecule has 1 aliphatic heterocycles. The summed E-state index contributed by atoms with van der Waals surface area (Å²) >= 11 is 0. The summed E-state index contributed by atoms with van der Waals surface area (Å²) in [5.41, 5.74) is 2.17. The van der Waals surface area contributed by atoms with E-state index in [9.17, 15) is 9.59 Å². The van der Waals surface area contributed by atoms with Crippen LogP contribution in [0.3, 0.4) is 0 Å². The Kier molecular flexibility index (Phi) is 6.95. The number of aromatic nitrogens is 3. The first kappa shape index (κ1) is 23.1. The Labute approximate surface area is 197 Å². The highest BCUT2D eigenvalue weighted by Crippen LogP contribution is 2.40. The molecule has 0 radical (unpaired) electrons. The van der Waals surface area contributed by atoms with Crippen LogP contribution in [0.5, 0.6) is 17.2 Å². The molecule has 1 saturated heterocycles. The van der Waals surface area contributed by atoms with E-state index < -0.39 is 0 Å². The minimum atomic E-state index is -0.352. The second-order valence-corrected chi connectivity index (χ2v) is 7.88. The second kappa shape index (κ2) is 10.2. The molecule has 3 aromatic rings. The average molecular weight is 466 g/mol. The predicted molar refractivity (Wildman–Crippen MR) is 125 cm³/mol. The number of pyridine rings is 1. The van der Waals surface area contributed by atoms with Gasteiger partial charge in [-0.3, -0.25) is 19.7 Å². The lowest BCUT2D eigenvalue weighted by Gasteiger charge is -2.31. The van der Waals surface area contributed by atoms with Crippen LogP contribution in [-0.4, -0.2) is 66.3 Å². The van der Waals surface area contributed by atoms with Crippen molar-refractivity contribution in [2.24, 2.45) is 5.92 Å². The van der Waals surface area contributed by atoms with Gasteiger partial charge in [0.15, 0.2) is 11.5 Å². The molecule has 178 valence electrons. The first-order valence-corrected chi connectivity index (χ1v) is 10.9. The number of methoxy groups -OCH3 is 3. The Morgan fingerprint density at radius 1 is 1.06 bits per heavy atom. The van der Waals surface area contributed by atoms with Crippen molar-refractivity contribution in [2.45, 2.75) is 12.8 Å². The molecular formula is C24H27N5O5. The van der Waals surface area contributed by atoms with Gasteiger partial charge in [0.05, 0.1) is 32.9 Å². The third-order valence-electron chi connectivity index (χ3n) is 5.75. The van der Waals surface area contributed by atoms with Crippen molar-refractivity contribution >= 4 is 17.5 Å². The van der Waals surface area contributed by atoms with Crippen LogP contribution in [0.2, 0.25) is 0 Å². The van der Waals surface area contributed by atoms with E-state index in [4.69, 9.17) is 14.2 Å². The van der Waals surface area contributed by atoms with Gasteiger partial charge < -0.3 is 24.4 Å². The molecule has 4 rings (SSSR count). The fourth-order valence-corrected chi connectivity index (χ4v) is 4.02. The molecule has 2 aromatic heterocycles. The largest absolute Gasteiger partial charge is 0.493 e. The molecule has 34 heavy (non-hydrogen) atoms. The van der Waals surface area contributed by atoms with Gasteiger partial charge in [0.25, 0.3) is 5.91 Å². The third-order valence-corrected chi connectivity index (χ3v) is 5.75. The third kappa shape index (κ3) is 4.80. The summed E-state index contributed by atoms with van der Waals surface area (Å²) in [5, 5.41) is 9.93. The molecule has 0 spiro atoms. The maximum atomic E-state index is 13.1. The number of ether oxygens (including phenoxy) is 3. The normalized spacial score (nSPS) is 15.5. The van der Waals surface area contributed by atoms with Gasteiger partial charge in [-0.15, -0.1) is 0 Å². The van der Waals surface area contributed by atoms with Crippen molar-refractivity contribution in [3.63, 3.8) is 0 Å². The van der Waals surface area contributed by atoms with Crippen LogP contribution in [0.4, 0.5) is 5.69 Å². The van der Waals surface area contributed by atoms with Crippen LogP contribution in [0.1, 0.15) is 23.3 Å². The monoisotopic (exact) mass is 465 g/mol.